The summed E-state index contributed by atoms with van der Waals surface area (Å²) in [5, 5.41) is 5.99. The number of carbonyl (C=O) groups excluding carboxylic acids is 2. The van der Waals surface area contributed by atoms with Gasteiger partial charge in [-0.2, -0.15) is 0 Å². The molecule has 4 saturated carbocycles. The lowest BCUT2D eigenvalue weighted by molar-refractivity contribution is -0.123. The SMILES string of the molecule is CC(=O)NCCC12CC3CC(C1)CC(CCNC(C)=O)(C3)C2. The Balaban J connectivity index is 1.64. The Morgan fingerprint density at radius 2 is 1.27 bits per heavy atom. The van der Waals surface area contributed by atoms with E-state index in [9.17, 15) is 9.59 Å². The standard InChI is InChI=1S/C18H30N2O2/c1-13(21)19-5-3-17-8-15-7-16(9-17)11-18(10-15,12-17)4-6-20-14(2)22/h15-16H,3-12H2,1-2H3,(H,19,21)(H,20,22). The summed E-state index contributed by atoms with van der Waals surface area (Å²) in [4.78, 5) is 22.3. The molecule has 4 nitrogen and oxygen atoms in total. The highest BCUT2D eigenvalue weighted by Crippen LogP contribution is 2.67. The lowest BCUT2D eigenvalue weighted by Crippen LogP contribution is -2.53. The zero-order valence-electron chi connectivity index (χ0n) is 14.0. The van der Waals surface area contributed by atoms with Gasteiger partial charge in [0.2, 0.25) is 11.8 Å². The first kappa shape index (κ1) is 15.8. The molecule has 0 unspecified atom stereocenters. The van der Waals surface area contributed by atoms with Crippen LogP contribution in [-0.2, 0) is 9.59 Å². The summed E-state index contributed by atoms with van der Waals surface area (Å²) in [5.74, 6) is 1.95. The fraction of sp³-hybridized carbons (Fsp3) is 0.889. The van der Waals surface area contributed by atoms with Crippen molar-refractivity contribution < 1.29 is 9.59 Å². The molecular weight excluding hydrogens is 276 g/mol. The Kier molecular flexibility index (Phi) is 4.21. The van der Waals surface area contributed by atoms with Gasteiger partial charge in [-0.3, -0.25) is 9.59 Å². The molecule has 0 aliphatic heterocycles. The molecule has 4 rings (SSSR count). The Morgan fingerprint density at radius 1 is 0.864 bits per heavy atom. The first-order chi connectivity index (χ1) is 10.4. The molecule has 4 bridgehead atoms. The second-order valence-corrected chi connectivity index (χ2v) is 8.43. The predicted octanol–water partition coefficient (Wildman–Crippen LogP) is 2.63. The van der Waals surface area contributed by atoms with Crippen LogP contribution >= 0.6 is 0 Å². The molecule has 0 atom stereocenters. The predicted molar refractivity (Wildman–Crippen MR) is 86.1 cm³/mol. The lowest BCUT2D eigenvalue weighted by Gasteiger charge is -2.62. The van der Waals surface area contributed by atoms with Crippen LogP contribution in [0.5, 0.6) is 0 Å². The summed E-state index contributed by atoms with van der Waals surface area (Å²) in [7, 11) is 0. The third kappa shape index (κ3) is 3.31. The number of nitrogens with one attached hydrogen (secondary N) is 2. The maximum atomic E-state index is 11.1. The molecule has 0 saturated heterocycles. The Labute approximate surface area is 133 Å². The second kappa shape index (κ2) is 5.86. The Hall–Kier alpha value is -1.06. The number of hydrogen-bond acceptors (Lipinski definition) is 2. The molecule has 2 amide bonds. The van der Waals surface area contributed by atoms with Crippen LogP contribution in [0.3, 0.4) is 0 Å². The molecule has 0 spiro atoms. The summed E-state index contributed by atoms with van der Waals surface area (Å²) >= 11 is 0. The van der Waals surface area contributed by atoms with Crippen LogP contribution in [0.25, 0.3) is 0 Å². The third-order valence-electron chi connectivity index (χ3n) is 6.36. The minimum Gasteiger partial charge on any atom is -0.356 e. The van der Waals surface area contributed by atoms with Crippen molar-refractivity contribution in [2.75, 3.05) is 13.1 Å². The van der Waals surface area contributed by atoms with E-state index in [0.29, 0.717) is 10.8 Å². The highest BCUT2D eigenvalue weighted by molar-refractivity contribution is 5.73. The third-order valence-corrected chi connectivity index (χ3v) is 6.36. The van der Waals surface area contributed by atoms with Gasteiger partial charge in [-0.05, 0) is 74.0 Å². The van der Waals surface area contributed by atoms with Crippen molar-refractivity contribution >= 4 is 11.8 Å². The zero-order chi connectivity index (χ0) is 15.8. The summed E-state index contributed by atoms with van der Waals surface area (Å²) in [6.45, 7) is 4.87. The minimum atomic E-state index is 0.0881. The first-order valence-electron chi connectivity index (χ1n) is 8.89. The number of rotatable bonds is 6. The summed E-state index contributed by atoms with van der Waals surface area (Å²) in [6, 6.07) is 0. The van der Waals surface area contributed by atoms with Gasteiger partial charge in [0.1, 0.15) is 0 Å². The Morgan fingerprint density at radius 3 is 1.64 bits per heavy atom. The van der Waals surface area contributed by atoms with Crippen molar-refractivity contribution in [1.82, 2.24) is 10.6 Å². The van der Waals surface area contributed by atoms with E-state index in [1.807, 2.05) is 0 Å². The van der Waals surface area contributed by atoms with Crippen LogP contribution in [0.1, 0.15) is 65.2 Å². The highest BCUT2D eigenvalue weighted by atomic mass is 16.1. The monoisotopic (exact) mass is 306 g/mol. The van der Waals surface area contributed by atoms with E-state index < -0.39 is 0 Å². The van der Waals surface area contributed by atoms with Gasteiger partial charge < -0.3 is 10.6 Å². The molecule has 22 heavy (non-hydrogen) atoms. The minimum absolute atomic E-state index is 0.0881. The van der Waals surface area contributed by atoms with Crippen LogP contribution in [-0.4, -0.2) is 24.9 Å². The molecule has 0 heterocycles. The van der Waals surface area contributed by atoms with Gasteiger partial charge >= 0.3 is 0 Å². The average Bonchev–Trinajstić information content (AvgIpc) is 2.35. The maximum absolute atomic E-state index is 11.1. The van der Waals surface area contributed by atoms with Gasteiger partial charge in [0, 0.05) is 26.9 Å². The fourth-order valence-electron chi connectivity index (χ4n) is 6.24. The van der Waals surface area contributed by atoms with E-state index in [1.54, 1.807) is 13.8 Å². The number of amides is 2. The molecule has 0 aromatic heterocycles. The van der Waals surface area contributed by atoms with Crippen molar-refractivity contribution in [3.8, 4) is 0 Å². The van der Waals surface area contributed by atoms with Gasteiger partial charge in [0.25, 0.3) is 0 Å². The van der Waals surface area contributed by atoms with Crippen LogP contribution in [0.2, 0.25) is 0 Å². The van der Waals surface area contributed by atoms with E-state index in [-0.39, 0.29) is 11.8 Å². The van der Waals surface area contributed by atoms with E-state index in [1.165, 1.54) is 38.5 Å². The van der Waals surface area contributed by atoms with E-state index in [2.05, 4.69) is 10.6 Å². The molecule has 124 valence electrons. The molecular formula is C18H30N2O2. The van der Waals surface area contributed by atoms with Crippen molar-refractivity contribution in [1.29, 1.82) is 0 Å². The second-order valence-electron chi connectivity index (χ2n) is 8.43. The number of hydrogen-bond donors (Lipinski definition) is 2. The van der Waals surface area contributed by atoms with Gasteiger partial charge in [0.15, 0.2) is 0 Å². The lowest BCUT2D eigenvalue weighted by atomic mass is 9.43. The van der Waals surface area contributed by atoms with Crippen LogP contribution in [0.15, 0.2) is 0 Å². The zero-order valence-corrected chi connectivity index (χ0v) is 14.0. The molecule has 4 aliphatic rings. The van der Waals surface area contributed by atoms with E-state index >= 15 is 0 Å². The summed E-state index contributed by atoms with van der Waals surface area (Å²) in [6.07, 6.45) is 10.5. The van der Waals surface area contributed by atoms with E-state index in [0.717, 1.165) is 37.8 Å². The van der Waals surface area contributed by atoms with Gasteiger partial charge in [0.05, 0.1) is 0 Å². The molecule has 0 aromatic carbocycles. The van der Waals surface area contributed by atoms with Crippen molar-refractivity contribution in [2.45, 2.75) is 65.2 Å². The van der Waals surface area contributed by atoms with Gasteiger partial charge in [-0.25, -0.2) is 0 Å². The molecule has 0 radical (unpaired) electrons. The fourth-order valence-corrected chi connectivity index (χ4v) is 6.24. The van der Waals surface area contributed by atoms with Gasteiger partial charge in [-0.1, -0.05) is 0 Å². The van der Waals surface area contributed by atoms with Crippen molar-refractivity contribution in [3.05, 3.63) is 0 Å². The molecule has 2 N–H and O–H groups in total. The van der Waals surface area contributed by atoms with Crippen molar-refractivity contribution in [2.24, 2.45) is 22.7 Å². The normalized spacial score (nSPS) is 38.8. The molecule has 4 heteroatoms. The first-order valence-corrected chi connectivity index (χ1v) is 8.89. The van der Waals surface area contributed by atoms with Crippen LogP contribution < -0.4 is 10.6 Å². The molecule has 0 aromatic rings. The van der Waals surface area contributed by atoms with Crippen LogP contribution in [0.4, 0.5) is 0 Å². The highest BCUT2D eigenvalue weighted by Gasteiger charge is 2.56. The Bertz CT molecular complexity index is 408. The molecule has 4 aliphatic carbocycles. The van der Waals surface area contributed by atoms with Crippen LogP contribution in [0, 0.1) is 22.7 Å². The largest absolute Gasteiger partial charge is 0.356 e. The van der Waals surface area contributed by atoms with Crippen molar-refractivity contribution in [3.63, 3.8) is 0 Å². The molecule has 4 fully saturated rings. The topological polar surface area (TPSA) is 58.2 Å². The smallest absolute Gasteiger partial charge is 0.216 e. The number of carbonyl (C=O) groups is 2. The average molecular weight is 306 g/mol. The van der Waals surface area contributed by atoms with Gasteiger partial charge in [-0.15, -0.1) is 0 Å². The quantitative estimate of drug-likeness (QED) is 0.792. The van der Waals surface area contributed by atoms with E-state index in [4.69, 9.17) is 0 Å². The maximum Gasteiger partial charge on any atom is 0.216 e. The summed E-state index contributed by atoms with van der Waals surface area (Å²) < 4.78 is 0. The summed E-state index contributed by atoms with van der Waals surface area (Å²) in [5.41, 5.74) is 0.922.